The van der Waals surface area contributed by atoms with Crippen LogP contribution in [0.25, 0.3) is 22.4 Å². The Morgan fingerprint density at radius 2 is 1.97 bits per heavy atom. The minimum atomic E-state index is -0.193. The van der Waals surface area contributed by atoms with Crippen molar-refractivity contribution in [1.29, 1.82) is 0 Å². The van der Waals surface area contributed by atoms with Crippen LogP contribution in [-0.2, 0) is 0 Å². The fourth-order valence-corrected chi connectivity index (χ4v) is 3.76. The first-order valence-corrected chi connectivity index (χ1v) is 9.81. The number of methoxy groups -OCH3 is 1. The summed E-state index contributed by atoms with van der Waals surface area (Å²) < 4.78 is 12.9. The van der Waals surface area contributed by atoms with Crippen molar-refractivity contribution in [3.05, 3.63) is 81.1 Å². The molecule has 0 unspecified atom stereocenters. The van der Waals surface area contributed by atoms with Crippen molar-refractivity contribution in [3.8, 4) is 22.9 Å². The molecule has 2 heterocycles. The molecule has 4 aromatic rings. The van der Waals surface area contributed by atoms with Gasteiger partial charge in [0.15, 0.2) is 17.3 Å². The molecule has 29 heavy (non-hydrogen) atoms. The lowest BCUT2D eigenvalue weighted by atomic mass is 10.1. The number of thiazole rings is 1. The quantitative estimate of drug-likeness (QED) is 0.461. The van der Waals surface area contributed by atoms with Crippen molar-refractivity contribution in [1.82, 2.24) is 14.6 Å². The van der Waals surface area contributed by atoms with Crippen molar-refractivity contribution in [2.45, 2.75) is 6.92 Å². The second-order valence-electron chi connectivity index (χ2n) is 6.42. The number of hydrogen-bond donors (Lipinski definition) is 0. The van der Waals surface area contributed by atoms with Gasteiger partial charge in [-0.15, -0.1) is 5.10 Å². The third-order valence-electron chi connectivity index (χ3n) is 4.33. The Morgan fingerprint density at radius 3 is 2.66 bits per heavy atom. The van der Waals surface area contributed by atoms with E-state index in [-0.39, 0.29) is 5.56 Å². The van der Waals surface area contributed by atoms with Crippen molar-refractivity contribution in [3.63, 3.8) is 0 Å². The van der Waals surface area contributed by atoms with Crippen LogP contribution in [0.4, 0.5) is 0 Å². The number of aromatic nitrogens is 3. The summed E-state index contributed by atoms with van der Waals surface area (Å²) in [5.41, 5.74) is 2.68. The van der Waals surface area contributed by atoms with Crippen LogP contribution in [0.2, 0.25) is 0 Å². The average Bonchev–Trinajstić information content (AvgIpc) is 3.27. The molecule has 0 saturated heterocycles. The van der Waals surface area contributed by atoms with Crippen LogP contribution >= 0.6 is 11.3 Å². The van der Waals surface area contributed by atoms with Crippen molar-refractivity contribution >= 4 is 22.4 Å². The maximum Gasteiger partial charge on any atom is 0.291 e. The number of benzene rings is 2. The predicted octanol–water partition coefficient (Wildman–Crippen LogP) is 3.25. The second kappa shape index (κ2) is 7.89. The van der Waals surface area contributed by atoms with E-state index in [4.69, 9.17) is 9.47 Å². The van der Waals surface area contributed by atoms with Gasteiger partial charge in [-0.1, -0.05) is 59.9 Å². The number of nitrogens with zero attached hydrogens (tertiary/aromatic N) is 3. The Hall–Kier alpha value is -3.45. The number of rotatable bonds is 6. The second-order valence-corrected chi connectivity index (χ2v) is 7.43. The molecule has 0 fully saturated rings. The van der Waals surface area contributed by atoms with Crippen LogP contribution in [0.5, 0.6) is 11.5 Å². The van der Waals surface area contributed by atoms with Gasteiger partial charge in [-0.3, -0.25) is 4.79 Å². The number of ether oxygens (including phenoxy) is 2. The molecule has 0 amide bonds. The molecule has 0 N–H and O–H groups in total. The van der Waals surface area contributed by atoms with Gasteiger partial charge >= 0.3 is 0 Å². The molecule has 2 aromatic heterocycles. The minimum Gasteiger partial charge on any atom is -0.493 e. The molecule has 0 aliphatic carbocycles. The largest absolute Gasteiger partial charge is 0.493 e. The molecule has 0 saturated carbocycles. The summed E-state index contributed by atoms with van der Waals surface area (Å²) in [5.74, 6) is 1.76. The van der Waals surface area contributed by atoms with Crippen LogP contribution in [0.3, 0.4) is 0 Å². The summed E-state index contributed by atoms with van der Waals surface area (Å²) in [4.78, 5) is 17.8. The SMILES string of the molecule is C=CCOc1ccc(/C=c2\sc3nc(-c4ccc(C)cc4)nn3c2=O)cc1OC. The highest BCUT2D eigenvalue weighted by Crippen LogP contribution is 2.28. The van der Waals surface area contributed by atoms with E-state index in [0.29, 0.717) is 33.4 Å². The summed E-state index contributed by atoms with van der Waals surface area (Å²) in [6.07, 6.45) is 3.47. The van der Waals surface area contributed by atoms with E-state index < -0.39 is 0 Å². The molecule has 0 aliphatic heterocycles. The topological polar surface area (TPSA) is 65.7 Å². The Kier molecular flexibility index (Phi) is 5.14. The summed E-state index contributed by atoms with van der Waals surface area (Å²) in [7, 11) is 1.58. The van der Waals surface area contributed by atoms with Crippen molar-refractivity contribution in [2.24, 2.45) is 0 Å². The van der Waals surface area contributed by atoms with Gasteiger partial charge in [0.25, 0.3) is 5.56 Å². The van der Waals surface area contributed by atoms with E-state index in [2.05, 4.69) is 16.7 Å². The third kappa shape index (κ3) is 3.77. The lowest BCUT2D eigenvalue weighted by Crippen LogP contribution is -2.23. The van der Waals surface area contributed by atoms with E-state index in [1.807, 2.05) is 49.4 Å². The first-order chi connectivity index (χ1) is 14.1. The normalized spacial score (nSPS) is 11.7. The molecule has 0 atom stereocenters. The zero-order valence-electron chi connectivity index (χ0n) is 16.1. The smallest absolute Gasteiger partial charge is 0.291 e. The highest BCUT2D eigenvalue weighted by molar-refractivity contribution is 7.15. The molecule has 146 valence electrons. The van der Waals surface area contributed by atoms with Gasteiger partial charge in [-0.25, -0.2) is 0 Å². The maximum atomic E-state index is 12.8. The molecular formula is C22H19N3O3S. The van der Waals surface area contributed by atoms with E-state index >= 15 is 0 Å². The van der Waals surface area contributed by atoms with Crippen molar-refractivity contribution in [2.75, 3.05) is 13.7 Å². The Morgan fingerprint density at radius 1 is 1.17 bits per heavy atom. The number of fused-ring (bicyclic) bond motifs is 1. The monoisotopic (exact) mass is 405 g/mol. The highest BCUT2D eigenvalue weighted by Gasteiger charge is 2.12. The van der Waals surface area contributed by atoms with Crippen molar-refractivity contribution < 1.29 is 9.47 Å². The van der Waals surface area contributed by atoms with E-state index in [1.54, 1.807) is 19.3 Å². The minimum absolute atomic E-state index is 0.193. The Bertz CT molecular complexity index is 1290. The molecular weight excluding hydrogens is 386 g/mol. The third-order valence-corrected chi connectivity index (χ3v) is 5.29. The summed E-state index contributed by atoms with van der Waals surface area (Å²) in [5, 5.41) is 4.39. The van der Waals surface area contributed by atoms with Gasteiger partial charge in [0.2, 0.25) is 4.96 Å². The molecule has 0 radical (unpaired) electrons. The van der Waals surface area contributed by atoms with Gasteiger partial charge in [-0.2, -0.15) is 9.50 Å². The molecule has 0 bridgehead atoms. The van der Waals surface area contributed by atoms with Crippen LogP contribution in [0, 0.1) is 6.92 Å². The molecule has 4 rings (SSSR count). The van der Waals surface area contributed by atoms with E-state index in [0.717, 1.165) is 16.7 Å². The van der Waals surface area contributed by atoms with Gasteiger partial charge < -0.3 is 9.47 Å². The standard InChI is InChI=1S/C22H19N3O3S/c1-4-11-28-17-10-7-15(12-18(17)27-3)13-19-21(26)25-22(29-19)23-20(24-25)16-8-5-14(2)6-9-16/h4-10,12-13H,1,11H2,2-3H3/b19-13-. The fraction of sp³-hybridized carbons (Fsp3) is 0.136. The molecule has 7 heteroatoms. The molecule has 2 aromatic carbocycles. The Labute approximate surface area is 171 Å². The van der Waals surface area contributed by atoms with Crippen LogP contribution in [0.1, 0.15) is 11.1 Å². The zero-order chi connectivity index (χ0) is 20.4. The van der Waals surface area contributed by atoms with E-state index in [1.165, 1.54) is 15.9 Å². The summed E-state index contributed by atoms with van der Waals surface area (Å²) in [6, 6.07) is 13.4. The lowest BCUT2D eigenvalue weighted by Gasteiger charge is -2.09. The van der Waals surface area contributed by atoms with Crippen LogP contribution < -0.4 is 19.6 Å². The van der Waals surface area contributed by atoms with Gasteiger partial charge in [0, 0.05) is 5.56 Å². The highest BCUT2D eigenvalue weighted by atomic mass is 32.1. The molecule has 0 aliphatic rings. The first kappa shape index (κ1) is 18.9. The predicted molar refractivity (Wildman–Crippen MR) is 115 cm³/mol. The number of aryl methyl sites for hydroxylation is 1. The average molecular weight is 405 g/mol. The van der Waals surface area contributed by atoms with Gasteiger partial charge in [-0.05, 0) is 30.7 Å². The van der Waals surface area contributed by atoms with Gasteiger partial charge in [0.05, 0.1) is 11.6 Å². The fourth-order valence-electron chi connectivity index (χ4n) is 2.85. The number of hydrogen-bond acceptors (Lipinski definition) is 6. The zero-order valence-corrected chi connectivity index (χ0v) is 16.9. The Balaban J connectivity index is 1.71. The van der Waals surface area contributed by atoms with Crippen LogP contribution in [0.15, 0.2) is 59.9 Å². The van der Waals surface area contributed by atoms with Gasteiger partial charge in [0.1, 0.15) is 6.61 Å². The summed E-state index contributed by atoms with van der Waals surface area (Å²) >= 11 is 1.30. The molecule has 0 spiro atoms. The maximum absolute atomic E-state index is 12.8. The summed E-state index contributed by atoms with van der Waals surface area (Å²) in [6.45, 7) is 6.05. The molecule has 6 nitrogen and oxygen atoms in total. The van der Waals surface area contributed by atoms with E-state index in [9.17, 15) is 4.79 Å². The first-order valence-electron chi connectivity index (χ1n) is 8.99. The lowest BCUT2D eigenvalue weighted by molar-refractivity contribution is 0.326. The van der Waals surface area contributed by atoms with Crippen LogP contribution in [-0.4, -0.2) is 28.3 Å².